The molecule has 0 radical (unpaired) electrons. The maximum Gasteiger partial charge on any atom is 0.422 e. The lowest BCUT2D eigenvalue weighted by atomic mass is 10.2. The van der Waals surface area contributed by atoms with Crippen LogP contribution in [0.4, 0.5) is 13.2 Å². The Morgan fingerprint density at radius 3 is 2.58 bits per heavy atom. The molecule has 31 heavy (non-hydrogen) atoms. The molecule has 6 nitrogen and oxygen atoms in total. The summed E-state index contributed by atoms with van der Waals surface area (Å²) in [5.74, 6) is 1.11. The highest BCUT2D eigenvalue weighted by atomic mass is 32.2. The van der Waals surface area contributed by atoms with Gasteiger partial charge in [-0.15, -0.1) is 11.8 Å². The third kappa shape index (κ3) is 6.48. The van der Waals surface area contributed by atoms with Gasteiger partial charge < -0.3 is 14.6 Å². The van der Waals surface area contributed by atoms with Crippen LogP contribution in [0, 0.1) is 13.8 Å². The predicted octanol–water partition coefficient (Wildman–Crippen LogP) is 4.85. The summed E-state index contributed by atoms with van der Waals surface area (Å²) in [4.78, 5) is 17.0. The lowest BCUT2D eigenvalue weighted by molar-refractivity contribution is -0.153. The van der Waals surface area contributed by atoms with E-state index < -0.39 is 12.8 Å². The number of aryl methyl sites for hydroxylation is 2. The van der Waals surface area contributed by atoms with Gasteiger partial charge in [-0.05, 0) is 43.7 Å². The Bertz CT molecular complexity index is 1020. The summed E-state index contributed by atoms with van der Waals surface area (Å²) in [6.45, 7) is 2.55. The Labute approximate surface area is 181 Å². The van der Waals surface area contributed by atoms with Crippen LogP contribution >= 0.6 is 11.8 Å². The lowest BCUT2D eigenvalue weighted by Crippen LogP contribution is -2.23. The average molecular weight is 451 g/mol. The summed E-state index contributed by atoms with van der Waals surface area (Å²) in [6.07, 6.45) is -2.77. The highest BCUT2D eigenvalue weighted by molar-refractivity contribution is 7.98. The normalized spacial score (nSPS) is 11.4. The lowest BCUT2D eigenvalue weighted by Gasteiger charge is -2.11. The molecule has 0 aliphatic carbocycles. The number of thioether (sulfide) groups is 1. The number of alkyl halides is 3. The smallest absolute Gasteiger partial charge is 0.422 e. The molecule has 3 rings (SSSR count). The zero-order valence-corrected chi connectivity index (χ0v) is 17.6. The number of rotatable bonds is 8. The summed E-state index contributed by atoms with van der Waals surface area (Å²) < 4.78 is 46.5. The Balaban J connectivity index is 1.58. The molecule has 0 aliphatic heterocycles. The Morgan fingerprint density at radius 2 is 1.94 bits per heavy atom. The number of nitrogens with one attached hydrogen (secondary N) is 1. The molecule has 1 aromatic carbocycles. The van der Waals surface area contributed by atoms with Gasteiger partial charge >= 0.3 is 6.18 Å². The molecule has 2 heterocycles. The van der Waals surface area contributed by atoms with E-state index in [2.05, 4.69) is 20.2 Å². The van der Waals surface area contributed by atoms with Crippen molar-refractivity contribution in [3.8, 4) is 5.75 Å². The monoisotopic (exact) mass is 451 g/mol. The molecule has 10 heteroatoms. The third-order valence-corrected chi connectivity index (χ3v) is 5.36. The number of hydrogen-bond acceptors (Lipinski definition) is 6. The first-order chi connectivity index (χ1) is 14.7. The van der Waals surface area contributed by atoms with Crippen molar-refractivity contribution in [3.63, 3.8) is 0 Å². The van der Waals surface area contributed by atoms with Gasteiger partial charge in [0.25, 0.3) is 5.91 Å². The van der Waals surface area contributed by atoms with Crippen LogP contribution in [0.25, 0.3) is 0 Å². The number of ether oxygens (including phenoxy) is 1. The molecular formula is C21H20F3N3O3S. The van der Waals surface area contributed by atoms with Gasteiger partial charge in [-0.1, -0.05) is 17.3 Å². The van der Waals surface area contributed by atoms with Gasteiger partial charge in [0, 0.05) is 24.1 Å². The molecule has 0 fully saturated rings. The Morgan fingerprint density at radius 1 is 1.19 bits per heavy atom. The van der Waals surface area contributed by atoms with Crippen LogP contribution in [0.2, 0.25) is 0 Å². The van der Waals surface area contributed by atoms with Gasteiger partial charge in [0.2, 0.25) is 0 Å². The van der Waals surface area contributed by atoms with Crippen LogP contribution in [0.3, 0.4) is 0 Å². The van der Waals surface area contributed by atoms with Crippen LogP contribution in [0.5, 0.6) is 5.75 Å². The molecule has 0 atom stereocenters. The van der Waals surface area contributed by atoms with Crippen LogP contribution in [0.1, 0.15) is 32.9 Å². The molecular weight excluding hydrogens is 431 g/mol. The molecule has 0 saturated heterocycles. The fourth-order valence-corrected chi connectivity index (χ4v) is 3.82. The summed E-state index contributed by atoms with van der Waals surface area (Å²) in [7, 11) is 0. The van der Waals surface area contributed by atoms with E-state index in [0.29, 0.717) is 16.3 Å². The first-order valence-electron chi connectivity index (χ1n) is 9.29. The van der Waals surface area contributed by atoms with Gasteiger partial charge in [0.15, 0.2) is 6.61 Å². The molecule has 0 spiro atoms. The van der Waals surface area contributed by atoms with Crippen molar-refractivity contribution >= 4 is 17.7 Å². The minimum atomic E-state index is -4.39. The van der Waals surface area contributed by atoms with E-state index in [-0.39, 0.29) is 18.2 Å². The minimum Gasteiger partial charge on any atom is -0.484 e. The third-order valence-electron chi connectivity index (χ3n) is 4.33. The second kappa shape index (κ2) is 9.86. The van der Waals surface area contributed by atoms with Gasteiger partial charge in [-0.2, -0.15) is 13.2 Å². The highest BCUT2D eigenvalue weighted by Crippen LogP contribution is 2.27. The molecule has 1 amide bonds. The molecule has 3 aromatic rings. The van der Waals surface area contributed by atoms with E-state index in [1.807, 2.05) is 13.8 Å². The number of halogens is 3. The summed E-state index contributed by atoms with van der Waals surface area (Å²) in [6, 6.07) is 9.43. The van der Waals surface area contributed by atoms with Crippen molar-refractivity contribution in [3.05, 3.63) is 70.7 Å². The first kappa shape index (κ1) is 22.7. The summed E-state index contributed by atoms with van der Waals surface area (Å²) >= 11 is 1.41. The van der Waals surface area contributed by atoms with Crippen molar-refractivity contribution in [1.29, 1.82) is 0 Å². The van der Waals surface area contributed by atoms with Crippen LogP contribution in [-0.2, 0) is 12.3 Å². The fraction of sp³-hybridized carbons (Fsp3) is 0.286. The van der Waals surface area contributed by atoms with Crippen LogP contribution in [0.15, 0.2) is 52.1 Å². The van der Waals surface area contributed by atoms with Crippen molar-refractivity contribution in [1.82, 2.24) is 15.5 Å². The predicted molar refractivity (Wildman–Crippen MR) is 109 cm³/mol. The Hall–Kier alpha value is -3.01. The number of carbonyl (C=O) groups excluding carboxylic acids is 1. The topological polar surface area (TPSA) is 77.2 Å². The number of benzene rings is 1. The van der Waals surface area contributed by atoms with Gasteiger partial charge in [0.1, 0.15) is 16.5 Å². The average Bonchev–Trinajstić information content (AvgIpc) is 3.06. The fourth-order valence-electron chi connectivity index (χ4n) is 2.67. The van der Waals surface area contributed by atoms with E-state index in [9.17, 15) is 18.0 Å². The molecule has 2 aromatic heterocycles. The minimum absolute atomic E-state index is 0.109. The van der Waals surface area contributed by atoms with Crippen molar-refractivity contribution < 1.29 is 27.2 Å². The van der Waals surface area contributed by atoms with E-state index in [4.69, 9.17) is 4.52 Å². The standard InChI is InChI=1S/C21H20F3N3O3S/c1-13-18(14(2)30-27-13)11-31-20-17(4-3-9-25-20)19(28)26-10-15-5-7-16(8-6-15)29-12-21(22,23)24/h3-9H,10-12H2,1-2H3,(H,26,28). The Kier molecular flexibility index (Phi) is 7.21. The first-order valence-corrected chi connectivity index (χ1v) is 10.3. The van der Waals surface area contributed by atoms with Gasteiger partial charge in [0.05, 0.1) is 11.3 Å². The number of carbonyl (C=O) groups is 1. The quantitative estimate of drug-likeness (QED) is 0.494. The number of pyridine rings is 1. The zero-order chi connectivity index (χ0) is 22.4. The largest absolute Gasteiger partial charge is 0.484 e. The molecule has 1 N–H and O–H groups in total. The van der Waals surface area contributed by atoms with Crippen molar-refractivity contribution in [2.24, 2.45) is 0 Å². The van der Waals surface area contributed by atoms with Crippen molar-refractivity contribution in [2.45, 2.75) is 37.3 Å². The van der Waals surface area contributed by atoms with Crippen LogP contribution in [-0.4, -0.2) is 28.8 Å². The molecule has 0 aliphatic rings. The van der Waals surface area contributed by atoms with E-state index >= 15 is 0 Å². The zero-order valence-electron chi connectivity index (χ0n) is 16.8. The molecule has 164 valence electrons. The number of amides is 1. The molecule has 0 unspecified atom stereocenters. The maximum atomic E-state index is 12.7. The van der Waals surface area contributed by atoms with E-state index in [1.54, 1.807) is 30.5 Å². The van der Waals surface area contributed by atoms with Gasteiger partial charge in [-0.3, -0.25) is 4.79 Å². The molecule has 0 saturated carbocycles. The van der Waals surface area contributed by atoms with Crippen LogP contribution < -0.4 is 10.1 Å². The number of hydrogen-bond donors (Lipinski definition) is 1. The maximum absolute atomic E-state index is 12.7. The van der Waals surface area contributed by atoms with E-state index in [1.165, 1.54) is 23.9 Å². The van der Waals surface area contributed by atoms with Crippen molar-refractivity contribution in [2.75, 3.05) is 6.61 Å². The SMILES string of the molecule is Cc1noc(C)c1CSc1ncccc1C(=O)NCc1ccc(OCC(F)(F)F)cc1. The highest BCUT2D eigenvalue weighted by Gasteiger charge is 2.28. The summed E-state index contributed by atoms with van der Waals surface area (Å²) in [5.41, 5.74) is 2.93. The second-order valence-corrected chi connectivity index (χ2v) is 7.64. The molecule has 0 bridgehead atoms. The second-order valence-electron chi connectivity index (χ2n) is 6.68. The summed E-state index contributed by atoms with van der Waals surface area (Å²) in [5, 5.41) is 7.31. The number of nitrogens with zero attached hydrogens (tertiary/aromatic N) is 2. The van der Waals surface area contributed by atoms with Gasteiger partial charge in [-0.25, -0.2) is 4.98 Å². The number of aromatic nitrogens is 2. The van der Waals surface area contributed by atoms with E-state index in [0.717, 1.165) is 22.6 Å².